The molecule has 1 N–H and O–H groups in total. The minimum atomic E-state index is -3.48. The number of fused-ring (bicyclic) bond motifs is 1. The molecule has 4 aromatic carbocycles. The lowest BCUT2D eigenvalue weighted by atomic mass is 10.1. The van der Waals surface area contributed by atoms with Crippen LogP contribution in [0.2, 0.25) is 0 Å². The third-order valence-electron chi connectivity index (χ3n) is 5.13. The summed E-state index contributed by atoms with van der Waals surface area (Å²) in [6.07, 6.45) is 1.18. The fourth-order valence-electron chi connectivity index (χ4n) is 3.53. The number of hydrogen-bond acceptors (Lipinski definition) is 4. The van der Waals surface area contributed by atoms with E-state index in [9.17, 15) is 13.2 Å². The van der Waals surface area contributed by atoms with Crippen LogP contribution in [0, 0.1) is 0 Å². The van der Waals surface area contributed by atoms with E-state index in [-0.39, 0.29) is 19.1 Å². The minimum absolute atomic E-state index is 0.164. The first-order valence-corrected chi connectivity index (χ1v) is 12.3. The van der Waals surface area contributed by atoms with E-state index in [1.807, 2.05) is 72.8 Å². The van der Waals surface area contributed by atoms with Gasteiger partial charge in [0.2, 0.25) is 10.0 Å². The Morgan fingerprint density at radius 2 is 1.52 bits per heavy atom. The van der Waals surface area contributed by atoms with Crippen molar-refractivity contribution in [2.75, 3.05) is 22.5 Å². The number of nitrogens with one attached hydrogen (secondary N) is 1. The molecule has 0 atom stereocenters. The molecule has 7 heteroatoms. The van der Waals surface area contributed by atoms with E-state index in [4.69, 9.17) is 4.74 Å². The second kappa shape index (κ2) is 9.75. The Hall–Kier alpha value is -3.84. The molecule has 0 heterocycles. The maximum absolute atomic E-state index is 12.4. The van der Waals surface area contributed by atoms with E-state index in [2.05, 4.69) is 5.32 Å². The van der Waals surface area contributed by atoms with Gasteiger partial charge in [-0.15, -0.1) is 0 Å². The predicted octanol–water partition coefficient (Wildman–Crippen LogP) is 4.82. The van der Waals surface area contributed by atoms with Crippen LogP contribution in [0.15, 0.2) is 97.1 Å². The SMILES string of the molecule is CS(=O)(=O)N(Cc1ccccc1)c1ccc(OCC(=O)Nc2cccc3ccccc23)cc1. The molecule has 0 spiro atoms. The molecule has 0 aliphatic carbocycles. The highest BCUT2D eigenvalue weighted by molar-refractivity contribution is 7.92. The number of hydrogen-bond donors (Lipinski definition) is 1. The zero-order valence-corrected chi connectivity index (χ0v) is 19.0. The summed E-state index contributed by atoms with van der Waals surface area (Å²) in [4.78, 5) is 12.4. The lowest BCUT2D eigenvalue weighted by Crippen LogP contribution is -2.29. The number of anilines is 2. The van der Waals surface area contributed by atoms with Crippen molar-refractivity contribution in [3.63, 3.8) is 0 Å². The highest BCUT2D eigenvalue weighted by Gasteiger charge is 2.18. The van der Waals surface area contributed by atoms with Gasteiger partial charge in [-0.05, 0) is 41.3 Å². The average Bonchev–Trinajstić information content (AvgIpc) is 2.82. The van der Waals surface area contributed by atoms with Gasteiger partial charge in [-0.1, -0.05) is 66.7 Å². The molecular weight excluding hydrogens is 436 g/mol. The average molecular weight is 461 g/mol. The first kappa shape index (κ1) is 22.4. The van der Waals surface area contributed by atoms with E-state index in [1.54, 1.807) is 24.3 Å². The van der Waals surface area contributed by atoms with E-state index in [0.29, 0.717) is 11.4 Å². The molecule has 33 heavy (non-hydrogen) atoms. The number of sulfonamides is 1. The van der Waals surface area contributed by atoms with Crippen molar-refractivity contribution >= 4 is 38.1 Å². The van der Waals surface area contributed by atoms with Crippen molar-refractivity contribution in [2.45, 2.75) is 6.54 Å². The summed E-state index contributed by atoms with van der Waals surface area (Å²) in [5, 5.41) is 4.88. The van der Waals surface area contributed by atoms with Crippen LogP contribution in [0.3, 0.4) is 0 Å². The molecule has 0 saturated carbocycles. The van der Waals surface area contributed by atoms with Gasteiger partial charge >= 0.3 is 0 Å². The minimum Gasteiger partial charge on any atom is -0.484 e. The molecule has 0 aromatic heterocycles. The summed E-state index contributed by atoms with van der Waals surface area (Å²) < 4.78 is 31.6. The fourth-order valence-corrected chi connectivity index (χ4v) is 4.42. The van der Waals surface area contributed by atoms with Gasteiger partial charge in [-0.3, -0.25) is 9.10 Å². The topological polar surface area (TPSA) is 75.7 Å². The summed E-state index contributed by atoms with van der Waals surface area (Å²) in [6, 6.07) is 29.6. The fraction of sp³-hybridized carbons (Fsp3) is 0.115. The van der Waals surface area contributed by atoms with E-state index >= 15 is 0 Å². The van der Waals surface area contributed by atoms with Crippen LogP contribution in [0.25, 0.3) is 10.8 Å². The second-order valence-electron chi connectivity index (χ2n) is 7.61. The summed E-state index contributed by atoms with van der Waals surface area (Å²) in [5.41, 5.74) is 2.13. The number of carbonyl (C=O) groups is 1. The molecule has 0 bridgehead atoms. The van der Waals surface area contributed by atoms with Crippen LogP contribution >= 0.6 is 0 Å². The molecule has 6 nitrogen and oxygen atoms in total. The van der Waals surface area contributed by atoms with Crippen molar-refractivity contribution in [1.29, 1.82) is 0 Å². The van der Waals surface area contributed by atoms with Gasteiger partial charge in [0.15, 0.2) is 6.61 Å². The molecule has 0 saturated heterocycles. The van der Waals surface area contributed by atoms with Gasteiger partial charge in [-0.2, -0.15) is 0 Å². The van der Waals surface area contributed by atoms with Gasteiger partial charge in [0.1, 0.15) is 5.75 Å². The van der Waals surface area contributed by atoms with Crippen molar-refractivity contribution in [3.05, 3.63) is 103 Å². The highest BCUT2D eigenvalue weighted by atomic mass is 32.2. The molecule has 0 unspecified atom stereocenters. The normalized spacial score (nSPS) is 11.2. The van der Waals surface area contributed by atoms with Crippen LogP contribution in [0.1, 0.15) is 5.56 Å². The zero-order chi connectivity index (χ0) is 23.3. The molecule has 0 radical (unpaired) electrons. The highest BCUT2D eigenvalue weighted by Crippen LogP contribution is 2.25. The molecule has 0 aliphatic heterocycles. The molecule has 4 aromatic rings. The third kappa shape index (κ3) is 5.70. The number of rotatable bonds is 8. The van der Waals surface area contributed by atoms with Crippen LogP contribution in [-0.4, -0.2) is 27.2 Å². The largest absolute Gasteiger partial charge is 0.484 e. The Morgan fingerprint density at radius 1 is 0.848 bits per heavy atom. The lowest BCUT2D eigenvalue weighted by molar-refractivity contribution is -0.118. The summed E-state index contributed by atoms with van der Waals surface area (Å²) >= 11 is 0. The summed E-state index contributed by atoms with van der Waals surface area (Å²) in [5.74, 6) is 0.192. The van der Waals surface area contributed by atoms with Crippen LogP contribution < -0.4 is 14.4 Å². The van der Waals surface area contributed by atoms with Crippen LogP contribution in [0.4, 0.5) is 11.4 Å². The first-order valence-electron chi connectivity index (χ1n) is 10.4. The maximum atomic E-state index is 12.4. The molecule has 0 fully saturated rings. The quantitative estimate of drug-likeness (QED) is 0.409. The standard InChI is InChI=1S/C26H24N2O4S/c1-33(30,31)28(18-20-8-3-2-4-9-20)22-14-16-23(17-15-22)32-19-26(29)27-25-13-7-11-21-10-5-6-12-24(21)25/h2-17H,18-19H2,1H3,(H,27,29). The molecule has 0 aliphatic rings. The number of nitrogens with zero attached hydrogens (tertiary/aromatic N) is 1. The Bertz CT molecular complexity index is 1350. The molecule has 1 amide bonds. The first-order chi connectivity index (χ1) is 15.9. The second-order valence-corrected chi connectivity index (χ2v) is 9.52. The van der Waals surface area contributed by atoms with E-state index < -0.39 is 10.0 Å². The Kier molecular flexibility index (Phi) is 6.60. The Labute approximate surface area is 193 Å². The van der Waals surface area contributed by atoms with Gasteiger partial charge in [0.05, 0.1) is 18.5 Å². The number of ether oxygens (including phenoxy) is 1. The number of benzene rings is 4. The summed E-state index contributed by atoms with van der Waals surface area (Å²) in [7, 11) is -3.48. The predicted molar refractivity (Wildman–Crippen MR) is 132 cm³/mol. The van der Waals surface area contributed by atoms with Gasteiger partial charge in [0, 0.05) is 11.1 Å². The number of amides is 1. The third-order valence-corrected chi connectivity index (χ3v) is 6.27. The van der Waals surface area contributed by atoms with Crippen molar-refractivity contribution in [1.82, 2.24) is 0 Å². The lowest BCUT2D eigenvalue weighted by Gasteiger charge is -2.22. The van der Waals surface area contributed by atoms with Gasteiger partial charge < -0.3 is 10.1 Å². The number of carbonyl (C=O) groups excluding carboxylic acids is 1. The molecule has 4 rings (SSSR count). The van der Waals surface area contributed by atoms with Gasteiger partial charge in [0.25, 0.3) is 5.91 Å². The molecule has 168 valence electrons. The van der Waals surface area contributed by atoms with Crippen molar-refractivity contribution in [3.8, 4) is 5.75 Å². The molecular formula is C26H24N2O4S. The van der Waals surface area contributed by atoms with E-state index in [0.717, 1.165) is 22.0 Å². The van der Waals surface area contributed by atoms with Gasteiger partial charge in [-0.25, -0.2) is 8.42 Å². The Morgan fingerprint density at radius 3 is 2.24 bits per heavy atom. The van der Waals surface area contributed by atoms with Crippen LogP contribution in [-0.2, 0) is 21.4 Å². The summed E-state index contributed by atoms with van der Waals surface area (Å²) in [6.45, 7) is 0.0652. The maximum Gasteiger partial charge on any atom is 0.262 e. The monoisotopic (exact) mass is 460 g/mol. The van der Waals surface area contributed by atoms with Crippen molar-refractivity contribution in [2.24, 2.45) is 0 Å². The van der Waals surface area contributed by atoms with Crippen molar-refractivity contribution < 1.29 is 17.9 Å². The Balaban J connectivity index is 1.41. The van der Waals surface area contributed by atoms with Crippen LogP contribution in [0.5, 0.6) is 5.75 Å². The van der Waals surface area contributed by atoms with E-state index in [1.165, 1.54) is 10.6 Å². The zero-order valence-electron chi connectivity index (χ0n) is 18.1. The smallest absolute Gasteiger partial charge is 0.262 e.